The number of aromatic amines is 1. The van der Waals surface area contributed by atoms with Crippen molar-refractivity contribution >= 4 is 22.9 Å². The highest BCUT2D eigenvalue weighted by atomic mass is 16.2. The molecular formula is C12H20N6O. The molecule has 7 nitrogen and oxygen atoms in total. The van der Waals surface area contributed by atoms with Crippen molar-refractivity contribution in [2.24, 2.45) is 0 Å². The minimum absolute atomic E-state index is 0.216. The maximum atomic E-state index is 8.76. The number of aliphatic hydroxyl groups is 1. The van der Waals surface area contributed by atoms with E-state index in [1.54, 1.807) is 6.33 Å². The lowest BCUT2D eigenvalue weighted by Gasteiger charge is -2.08. The molecule has 0 radical (unpaired) electrons. The molecule has 0 unspecified atom stereocenters. The van der Waals surface area contributed by atoms with Gasteiger partial charge in [0.25, 0.3) is 0 Å². The highest BCUT2D eigenvalue weighted by Crippen LogP contribution is 2.18. The van der Waals surface area contributed by atoms with E-state index in [0.717, 1.165) is 43.7 Å². The predicted molar refractivity (Wildman–Crippen MR) is 75.3 cm³/mol. The van der Waals surface area contributed by atoms with Gasteiger partial charge >= 0.3 is 0 Å². The molecule has 0 amide bonds. The number of aromatic nitrogens is 4. The van der Waals surface area contributed by atoms with E-state index in [1.807, 2.05) is 0 Å². The number of nitrogens with one attached hydrogen (secondary N) is 3. The van der Waals surface area contributed by atoms with E-state index in [4.69, 9.17) is 5.11 Å². The second kappa shape index (κ2) is 6.89. The molecule has 4 N–H and O–H groups in total. The SMILES string of the molecule is CCCNc1nc(NCCCCO)c2[nH]cnc2n1. The molecule has 0 aliphatic rings. The average molecular weight is 264 g/mol. The van der Waals surface area contributed by atoms with Crippen molar-refractivity contribution in [3.05, 3.63) is 6.33 Å². The van der Waals surface area contributed by atoms with Crippen LogP contribution in [0.3, 0.4) is 0 Å². The second-order valence-corrected chi connectivity index (χ2v) is 4.28. The number of unbranched alkanes of at least 4 members (excludes halogenated alkanes) is 1. The minimum atomic E-state index is 0.216. The molecule has 2 heterocycles. The van der Waals surface area contributed by atoms with E-state index in [-0.39, 0.29) is 6.61 Å². The van der Waals surface area contributed by atoms with Crippen LogP contribution in [-0.2, 0) is 0 Å². The van der Waals surface area contributed by atoms with Crippen LogP contribution in [0, 0.1) is 0 Å². The van der Waals surface area contributed by atoms with Crippen molar-refractivity contribution in [3.63, 3.8) is 0 Å². The Morgan fingerprint density at radius 3 is 2.89 bits per heavy atom. The van der Waals surface area contributed by atoms with Gasteiger partial charge in [0.1, 0.15) is 5.52 Å². The highest BCUT2D eigenvalue weighted by Gasteiger charge is 2.08. The van der Waals surface area contributed by atoms with Crippen LogP contribution in [0.5, 0.6) is 0 Å². The van der Waals surface area contributed by atoms with E-state index < -0.39 is 0 Å². The molecule has 104 valence electrons. The molecule has 0 atom stereocenters. The van der Waals surface area contributed by atoms with E-state index in [2.05, 4.69) is 37.5 Å². The van der Waals surface area contributed by atoms with Crippen molar-refractivity contribution in [1.82, 2.24) is 19.9 Å². The van der Waals surface area contributed by atoms with E-state index in [1.165, 1.54) is 0 Å². The van der Waals surface area contributed by atoms with Crippen molar-refractivity contribution in [1.29, 1.82) is 0 Å². The van der Waals surface area contributed by atoms with Crippen LogP contribution in [0.1, 0.15) is 26.2 Å². The van der Waals surface area contributed by atoms with Crippen LogP contribution in [-0.4, -0.2) is 44.7 Å². The molecular weight excluding hydrogens is 244 g/mol. The Kier molecular flexibility index (Phi) is 4.91. The molecule has 7 heteroatoms. The number of H-pyrrole nitrogens is 1. The summed E-state index contributed by atoms with van der Waals surface area (Å²) in [4.78, 5) is 16.0. The largest absolute Gasteiger partial charge is 0.396 e. The summed E-state index contributed by atoms with van der Waals surface area (Å²) < 4.78 is 0. The van der Waals surface area contributed by atoms with E-state index in [9.17, 15) is 0 Å². The van der Waals surface area contributed by atoms with Crippen LogP contribution < -0.4 is 10.6 Å². The summed E-state index contributed by atoms with van der Waals surface area (Å²) in [5.41, 5.74) is 1.46. The Hall–Kier alpha value is -1.89. The normalized spacial score (nSPS) is 10.8. The smallest absolute Gasteiger partial charge is 0.226 e. The number of nitrogens with zero attached hydrogens (tertiary/aromatic N) is 3. The lowest BCUT2D eigenvalue weighted by atomic mass is 10.3. The number of hydrogen-bond acceptors (Lipinski definition) is 6. The Morgan fingerprint density at radius 2 is 2.11 bits per heavy atom. The third-order valence-corrected chi connectivity index (χ3v) is 2.70. The van der Waals surface area contributed by atoms with E-state index in [0.29, 0.717) is 11.6 Å². The Morgan fingerprint density at radius 1 is 1.21 bits per heavy atom. The first-order chi connectivity index (χ1) is 9.35. The Labute approximate surface area is 111 Å². The molecule has 0 fully saturated rings. The molecule has 0 saturated carbocycles. The third kappa shape index (κ3) is 3.54. The van der Waals surface area contributed by atoms with Gasteiger partial charge in [0.15, 0.2) is 11.5 Å². The second-order valence-electron chi connectivity index (χ2n) is 4.28. The topological polar surface area (TPSA) is 98.8 Å². The molecule has 2 rings (SSSR count). The quantitative estimate of drug-likeness (QED) is 0.537. The highest BCUT2D eigenvalue weighted by molar-refractivity contribution is 5.83. The Balaban J connectivity index is 2.12. The number of rotatable bonds is 8. The van der Waals surface area contributed by atoms with Gasteiger partial charge in [-0.2, -0.15) is 9.97 Å². The molecule has 0 saturated heterocycles. The first kappa shape index (κ1) is 13.5. The van der Waals surface area contributed by atoms with Crippen LogP contribution >= 0.6 is 0 Å². The van der Waals surface area contributed by atoms with Gasteiger partial charge in [0, 0.05) is 19.7 Å². The number of anilines is 2. The maximum Gasteiger partial charge on any atom is 0.226 e. The summed E-state index contributed by atoms with van der Waals surface area (Å²) >= 11 is 0. The Bertz CT molecular complexity index is 512. The molecule has 0 spiro atoms. The molecule has 0 aliphatic heterocycles. The minimum Gasteiger partial charge on any atom is -0.396 e. The van der Waals surface area contributed by atoms with Gasteiger partial charge in [-0.3, -0.25) is 0 Å². The first-order valence-electron chi connectivity index (χ1n) is 6.65. The van der Waals surface area contributed by atoms with Crippen molar-refractivity contribution in [3.8, 4) is 0 Å². The molecule has 0 aromatic carbocycles. The van der Waals surface area contributed by atoms with Crippen LogP contribution in [0.2, 0.25) is 0 Å². The number of aliphatic hydroxyl groups excluding tert-OH is 1. The molecule has 0 bridgehead atoms. The summed E-state index contributed by atoms with van der Waals surface area (Å²) in [5, 5.41) is 15.2. The van der Waals surface area contributed by atoms with Gasteiger partial charge in [-0.1, -0.05) is 6.92 Å². The number of fused-ring (bicyclic) bond motifs is 1. The summed E-state index contributed by atoms with van der Waals surface area (Å²) in [7, 11) is 0. The maximum absolute atomic E-state index is 8.76. The monoisotopic (exact) mass is 264 g/mol. The van der Waals surface area contributed by atoms with Crippen LogP contribution in [0.15, 0.2) is 6.33 Å². The number of hydrogen-bond donors (Lipinski definition) is 4. The standard InChI is InChI=1S/C12H20N6O/c1-2-5-14-12-17-10(13-6-3-4-7-19)9-11(18-12)16-8-15-9/h8,19H,2-7H2,1H3,(H3,13,14,15,16,17,18). The summed E-state index contributed by atoms with van der Waals surface area (Å²) in [6.07, 6.45) is 4.31. The lowest BCUT2D eigenvalue weighted by molar-refractivity contribution is 0.286. The molecule has 19 heavy (non-hydrogen) atoms. The zero-order valence-electron chi connectivity index (χ0n) is 11.1. The van der Waals surface area contributed by atoms with Crippen molar-refractivity contribution < 1.29 is 5.11 Å². The zero-order chi connectivity index (χ0) is 13.5. The fourth-order valence-corrected chi connectivity index (χ4v) is 1.72. The zero-order valence-corrected chi connectivity index (χ0v) is 11.1. The van der Waals surface area contributed by atoms with Crippen LogP contribution in [0.25, 0.3) is 11.2 Å². The summed E-state index contributed by atoms with van der Waals surface area (Å²) in [5.74, 6) is 1.34. The van der Waals surface area contributed by atoms with Gasteiger partial charge in [-0.25, -0.2) is 4.98 Å². The van der Waals surface area contributed by atoms with Gasteiger partial charge in [-0.05, 0) is 19.3 Å². The molecule has 2 aromatic rings. The van der Waals surface area contributed by atoms with Gasteiger partial charge in [-0.15, -0.1) is 0 Å². The van der Waals surface area contributed by atoms with Gasteiger partial charge < -0.3 is 20.7 Å². The summed E-state index contributed by atoms with van der Waals surface area (Å²) in [6.45, 7) is 3.90. The third-order valence-electron chi connectivity index (χ3n) is 2.70. The van der Waals surface area contributed by atoms with Gasteiger partial charge in [0.05, 0.1) is 6.33 Å². The van der Waals surface area contributed by atoms with E-state index >= 15 is 0 Å². The average Bonchev–Trinajstić information content (AvgIpc) is 2.89. The lowest BCUT2D eigenvalue weighted by Crippen LogP contribution is -2.09. The van der Waals surface area contributed by atoms with Gasteiger partial charge in [0.2, 0.25) is 5.95 Å². The number of imidazole rings is 1. The fraction of sp³-hybridized carbons (Fsp3) is 0.583. The molecule has 2 aromatic heterocycles. The summed E-state index contributed by atoms with van der Waals surface area (Å²) in [6, 6.07) is 0. The van der Waals surface area contributed by atoms with Crippen molar-refractivity contribution in [2.75, 3.05) is 30.3 Å². The predicted octanol–water partition coefficient (Wildman–Crippen LogP) is 1.36. The molecule has 0 aliphatic carbocycles. The fourth-order valence-electron chi connectivity index (χ4n) is 1.72. The first-order valence-corrected chi connectivity index (χ1v) is 6.65. The van der Waals surface area contributed by atoms with Crippen molar-refractivity contribution in [2.45, 2.75) is 26.2 Å². The van der Waals surface area contributed by atoms with Crippen LogP contribution in [0.4, 0.5) is 11.8 Å².